The van der Waals surface area contributed by atoms with Crippen molar-refractivity contribution in [2.24, 2.45) is 5.92 Å². The standard InChI is InChI=1S/C30H34ClN3O2/c1-3-5-10-21(4-2)30(36)33(24-16-17-24)20-28(35)34-26-14-7-6-13-25(26)32-18-9-15-27(32)29(34)22-11-8-12-23(31)19-22/h6-9,11-15,18-19,21,24,29H,3-5,10,16-17,20H2,1-2H3/t21-,29-/m1/s1. The molecule has 5 nitrogen and oxygen atoms in total. The first-order valence-electron chi connectivity index (χ1n) is 13.2. The largest absolute Gasteiger partial charge is 0.330 e. The van der Waals surface area contributed by atoms with E-state index in [1.165, 1.54) is 0 Å². The third-order valence-corrected chi connectivity index (χ3v) is 7.71. The molecule has 0 radical (unpaired) electrons. The number of unbranched alkanes of at least 4 members (excludes halogenated alkanes) is 1. The normalized spacial score (nSPS) is 17.3. The quantitative estimate of drug-likeness (QED) is 0.323. The molecule has 0 saturated heterocycles. The molecule has 2 heterocycles. The van der Waals surface area contributed by atoms with Crippen molar-refractivity contribution in [3.05, 3.63) is 83.1 Å². The van der Waals surface area contributed by atoms with Gasteiger partial charge in [-0.25, -0.2) is 0 Å². The summed E-state index contributed by atoms with van der Waals surface area (Å²) in [6.07, 6.45) is 7.77. The number of carbonyl (C=O) groups is 2. The van der Waals surface area contributed by atoms with E-state index in [2.05, 4.69) is 24.5 Å². The Bertz CT molecular complexity index is 1250. The molecule has 1 fully saturated rings. The number of halogens is 1. The average molecular weight is 504 g/mol. The zero-order valence-corrected chi connectivity index (χ0v) is 21.8. The van der Waals surface area contributed by atoms with Crippen LogP contribution in [0.15, 0.2) is 66.9 Å². The summed E-state index contributed by atoms with van der Waals surface area (Å²) in [6.45, 7) is 4.33. The molecule has 3 aromatic rings. The van der Waals surface area contributed by atoms with Gasteiger partial charge in [0.15, 0.2) is 0 Å². The van der Waals surface area contributed by atoms with E-state index in [9.17, 15) is 9.59 Å². The van der Waals surface area contributed by atoms with Crippen LogP contribution in [0.2, 0.25) is 5.02 Å². The molecule has 36 heavy (non-hydrogen) atoms. The second kappa shape index (κ2) is 10.5. The van der Waals surface area contributed by atoms with E-state index in [-0.39, 0.29) is 36.4 Å². The van der Waals surface area contributed by atoms with Crippen molar-refractivity contribution in [1.82, 2.24) is 9.47 Å². The minimum Gasteiger partial charge on any atom is -0.330 e. The summed E-state index contributed by atoms with van der Waals surface area (Å²) < 4.78 is 2.15. The number of benzene rings is 2. The lowest BCUT2D eigenvalue weighted by atomic mass is 9.96. The van der Waals surface area contributed by atoms with Crippen molar-refractivity contribution in [2.45, 2.75) is 64.5 Å². The second-order valence-electron chi connectivity index (χ2n) is 9.96. The Hall–Kier alpha value is -3.05. The molecule has 0 spiro atoms. The molecule has 2 amide bonds. The summed E-state index contributed by atoms with van der Waals surface area (Å²) >= 11 is 6.40. The summed E-state index contributed by atoms with van der Waals surface area (Å²) in [5.74, 6) is 0.0493. The van der Waals surface area contributed by atoms with E-state index in [0.717, 1.165) is 61.2 Å². The highest BCUT2D eigenvalue weighted by Crippen LogP contribution is 2.43. The second-order valence-corrected chi connectivity index (χ2v) is 10.4. The van der Waals surface area contributed by atoms with Crippen LogP contribution in [0.1, 0.15) is 69.7 Å². The van der Waals surface area contributed by atoms with Crippen LogP contribution in [-0.4, -0.2) is 33.9 Å². The minimum atomic E-state index is -0.334. The highest BCUT2D eigenvalue weighted by molar-refractivity contribution is 6.30. The molecule has 2 atom stereocenters. The van der Waals surface area contributed by atoms with Gasteiger partial charge >= 0.3 is 0 Å². The number of hydrogen-bond acceptors (Lipinski definition) is 2. The number of carbonyl (C=O) groups excluding carboxylic acids is 2. The maximum Gasteiger partial charge on any atom is 0.247 e. The maximum absolute atomic E-state index is 14.2. The van der Waals surface area contributed by atoms with Gasteiger partial charge in [0.05, 0.1) is 17.1 Å². The SMILES string of the molecule is CCCC[C@@H](CC)C(=O)N(CC(=O)N1c2ccccc2-n2cccc2[C@H]1c1cccc(Cl)c1)C1CC1. The fourth-order valence-corrected chi connectivity index (χ4v) is 5.64. The van der Waals surface area contributed by atoms with Crippen LogP contribution >= 0.6 is 11.6 Å². The van der Waals surface area contributed by atoms with Crippen LogP contribution < -0.4 is 4.90 Å². The zero-order valence-electron chi connectivity index (χ0n) is 21.1. The third-order valence-electron chi connectivity index (χ3n) is 7.48. The molecule has 0 bridgehead atoms. The molecule has 0 N–H and O–H groups in total. The molecule has 188 valence electrons. The molecule has 1 aromatic heterocycles. The summed E-state index contributed by atoms with van der Waals surface area (Å²) in [7, 11) is 0. The number of para-hydroxylation sites is 2. The van der Waals surface area contributed by atoms with Gasteiger partial charge < -0.3 is 9.47 Å². The van der Waals surface area contributed by atoms with Gasteiger partial charge in [-0.3, -0.25) is 14.5 Å². The molecule has 5 rings (SSSR count). The van der Waals surface area contributed by atoms with E-state index >= 15 is 0 Å². The average Bonchev–Trinajstić information content (AvgIpc) is 3.61. The number of hydrogen-bond donors (Lipinski definition) is 0. The first kappa shape index (κ1) is 24.6. The van der Waals surface area contributed by atoms with Gasteiger partial charge in [-0.2, -0.15) is 0 Å². The maximum atomic E-state index is 14.2. The lowest BCUT2D eigenvalue weighted by Gasteiger charge is -2.40. The predicted octanol–water partition coefficient (Wildman–Crippen LogP) is 6.77. The molecule has 1 saturated carbocycles. The Labute approximate surface area is 218 Å². The Kier molecular flexibility index (Phi) is 7.20. The number of nitrogens with zero attached hydrogens (tertiary/aromatic N) is 3. The number of rotatable bonds is 9. The highest BCUT2D eigenvalue weighted by atomic mass is 35.5. The van der Waals surface area contributed by atoms with Crippen LogP contribution in [0, 0.1) is 5.92 Å². The summed E-state index contributed by atoms with van der Waals surface area (Å²) in [5, 5.41) is 0.633. The third kappa shape index (κ3) is 4.69. The van der Waals surface area contributed by atoms with Gasteiger partial charge in [0, 0.05) is 23.2 Å². The van der Waals surface area contributed by atoms with Crippen molar-refractivity contribution < 1.29 is 9.59 Å². The molecule has 2 aliphatic rings. The van der Waals surface area contributed by atoms with Gasteiger partial charge in [-0.05, 0) is 67.6 Å². The Morgan fingerprint density at radius 2 is 1.81 bits per heavy atom. The zero-order chi connectivity index (χ0) is 25.2. The Balaban J connectivity index is 1.53. The van der Waals surface area contributed by atoms with Crippen molar-refractivity contribution in [3.8, 4) is 5.69 Å². The molecule has 1 aliphatic carbocycles. The topological polar surface area (TPSA) is 45.6 Å². The smallest absolute Gasteiger partial charge is 0.247 e. The van der Waals surface area contributed by atoms with Gasteiger partial charge in [-0.15, -0.1) is 0 Å². The highest BCUT2D eigenvalue weighted by Gasteiger charge is 2.41. The number of anilines is 1. The summed E-state index contributed by atoms with van der Waals surface area (Å²) in [5.41, 5.74) is 3.76. The van der Waals surface area contributed by atoms with Crippen molar-refractivity contribution in [3.63, 3.8) is 0 Å². The van der Waals surface area contributed by atoms with Gasteiger partial charge in [0.1, 0.15) is 12.6 Å². The van der Waals surface area contributed by atoms with Crippen molar-refractivity contribution >= 4 is 29.1 Å². The van der Waals surface area contributed by atoms with Gasteiger partial charge in [0.25, 0.3) is 0 Å². The molecular weight excluding hydrogens is 470 g/mol. The first-order chi connectivity index (χ1) is 17.5. The summed E-state index contributed by atoms with van der Waals surface area (Å²) in [6, 6.07) is 19.6. The fraction of sp³-hybridized carbons (Fsp3) is 0.400. The van der Waals surface area contributed by atoms with Crippen LogP contribution in [0.25, 0.3) is 5.69 Å². The number of amides is 2. The molecule has 0 unspecified atom stereocenters. The Morgan fingerprint density at radius 3 is 2.50 bits per heavy atom. The lowest BCUT2D eigenvalue weighted by molar-refractivity contribution is -0.139. The fourth-order valence-electron chi connectivity index (χ4n) is 5.44. The van der Waals surface area contributed by atoms with E-state index in [1.54, 1.807) is 0 Å². The molecule has 6 heteroatoms. The molecular formula is C30H34ClN3O2. The van der Waals surface area contributed by atoms with Crippen molar-refractivity contribution in [1.29, 1.82) is 0 Å². The van der Waals surface area contributed by atoms with Crippen LogP contribution in [0.5, 0.6) is 0 Å². The van der Waals surface area contributed by atoms with E-state index in [0.29, 0.717) is 5.02 Å². The lowest BCUT2D eigenvalue weighted by Crippen LogP contribution is -2.48. The van der Waals surface area contributed by atoms with Gasteiger partial charge in [0.2, 0.25) is 11.8 Å². The molecule has 1 aliphatic heterocycles. The molecule has 2 aromatic carbocycles. The minimum absolute atomic E-state index is 0.0204. The number of fused-ring (bicyclic) bond motifs is 3. The first-order valence-corrected chi connectivity index (χ1v) is 13.6. The monoisotopic (exact) mass is 503 g/mol. The van der Waals surface area contributed by atoms with E-state index in [4.69, 9.17) is 11.6 Å². The summed E-state index contributed by atoms with van der Waals surface area (Å²) in [4.78, 5) is 31.6. The van der Waals surface area contributed by atoms with E-state index < -0.39 is 0 Å². The Morgan fingerprint density at radius 1 is 1.03 bits per heavy atom. The van der Waals surface area contributed by atoms with Gasteiger partial charge in [-0.1, -0.05) is 62.6 Å². The van der Waals surface area contributed by atoms with Crippen LogP contribution in [-0.2, 0) is 9.59 Å². The predicted molar refractivity (Wildman–Crippen MR) is 145 cm³/mol. The van der Waals surface area contributed by atoms with E-state index in [1.807, 2.05) is 70.6 Å². The van der Waals surface area contributed by atoms with Crippen molar-refractivity contribution in [2.75, 3.05) is 11.4 Å². The number of aromatic nitrogens is 1. The van der Waals surface area contributed by atoms with Crippen LogP contribution in [0.3, 0.4) is 0 Å². The van der Waals surface area contributed by atoms with Crippen LogP contribution in [0.4, 0.5) is 5.69 Å².